The average Bonchev–Trinajstić information content (AvgIpc) is 3.72. The number of ether oxygens (including phenoxy) is 3. The van der Waals surface area contributed by atoms with Crippen molar-refractivity contribution in [1.82, 2.24) is 33.7 Å². The Morgan fingerprint density at radius 2 is 1.27 bits per heavy atom. The van der Waals surface area contributed by atoms with E-state index in [1.165, 1.54) is 36.0 Å². The van der Waals surface area contributed by atoms with Crippen LogP contribution in [0.4, 0.5) is 52.7 Å². The van der Waals surface area contributed by atoms with Crippen LogP contribution in [0.1, 0.15) is 37.7 Å². The van der Waals surface area contributed by atoms with Crippen molar-refractivity contribution in [1.29, 1.82) is 0 Å². The van der Waals surface area contributed by atoms with Crippen molar-refractivity contribution in [3.63, 3.8) is 0 Å². The summed E-state index contributed by atoms with van der Waals surface area (Å²) in [5, 5.41) is 0. The van der Waals surface area contributed by atoms with Crippen LogP contribution in [0.5, 0.6) is 11.6 Å². The van der Waals surface area contributed by atoms with Crippen LogP contribution in [0.15, 0.2) is 67.6 Å². The molecule has 0 fully saturated rings. The maximum absolute atomic E-state index is 13.9. The lowest BCUT2D eigenvalue weighted by molar-refractivity contribution is -0.274. The van der Waals surface area contributed by atoms with Crippen LogP contribution < -0.4 is 9.47 Å². The van der Waals surface area contributed by atoms with E-state index in [1.54, 1.807) is 0 Å². The first-order valence-corrected chi connectivity index (χ1v) is 15.5. The molecule has 0 aliphatic heterocycles. The molecule has 0 atom stereocenters. The Bertz CT molecular complexity index is 2230. The van der Waals surface area contributed by atoms with Gasteiger partial charge in [0, 0.05) is 43.8 Å². The number of fused-ring (bicyclic) bond motifs is 2. The SMILES string of the molecule is CC.COCc1cc(OC(F)(F)F)ccc1-c1cn2c(C(C)(F)F)cnc2cn1.Fc1cc(-c2cn3c(C(F)(F)F)cnc3cn2)cnc1OCC(F)(F)F. The summed E-state index contributed by atoms with van der Waals surface area (Å²) in [4.78, 5) is 18.9. The average molecular weight is 798 g/mol. The Hall–Kier alpha value is -5.67. The lowest BCUT2D eigenvalue weighted by atomic mass is 10.0. The fraction of sp³-hybridized carbons (Fsp3) is 0.303. The lowest BCUT2D eigenvalue weighted by Gasteiger charge is -2.14. The highest BCUT2D eigenvalue weighted by Gasteiger charge is 2.35. The van der Waals surface area contributed by atoms with E-state index in [1.807, 2.05) is 13.8 Å². The summed E-state index contributed by atoms with van der Waals surface area (Å²) in [6, 6.07) is 4.42. The molecule has 6 aromatic rings. The Morgan fingerprint density at radius 3 is 1.82 bits per heavy atom. The quantitative estimate of drug-likeness (QED) is 0.141. The molecule has 296 valence electrons. The number of aromatic nitrogens is 7. The minimum absolute atomic E-state index is 0.0230. The van der Waals surface area contributed by atoms with Gasteiger partial charge in [-0.3, -0.25) is 18.8 Å². The van der Waals surface area contributed by atoms with E-state index < -0.39 is 54.4 Å². The number of halogens is 12. The van der Waals surface area contributed by atoms with E-state index >= 15 is 0 Å². The van der Waals surface area contributed by atoms with Crippen LogP contribution in [-0.2, 0) is 23.4 Å². The molecular formula is C33H27F12N7O3. The maximum atomic E-state index is 13.9. The third-order valence-electron chi connectivity index (χ3n) is 6.89. The first kappa shape index (κ1) is 42.1. The molecule has 10 nitrogen and oxygen atoms in total. The highest BCUT2D eigenvalue weighted by molar-refractivity contribution is 5.65. The summed E-state index contributed by atoms with van der Waals surface area (Å²) in [7, 11) is 1.38. The minimum atomic E-state index is -4.83. The van der Waals surface area contributed by atoms with Crippen molar-refractivity contribution in [2.24, 2.45) is 0 Å². The van der Waals surface area contributed by atoms with Gasteiger partial charge < -0.3 is 14.2 Å². The van der Waals surface area contributed by atoms with Gasteiger partial charge in [-0.05, 0) is 29.8 Å². The number of benzene rings is 1. The topological polar surface area (TPSA) is 101 Å². The molecule has 0 bridgehead atoms. The van der Waals surface area contributed by atoms with Crippen LogP contribution in [0.3, 0.4) is 0 Å². The van der Waals surface area contributed by atoms with Gasteiger partial charge in [-0.25, -0.2) is 19.3 Å². The molecule has 0 radical (unpaired) electrons. The van der Waals surface area contributed by atoms with E-state index in [0.29, 0.717) is 21.7 Å². The summed E-state index contributed by atoms with van der Waals surface area (Å²) in [6.07, 6.45) is -6.89. The third-order valence-corrected chi connectivity index (χ3v) is 6.89. The fourth-order valence-corrected chi connectivity index (χ4v) is 4.72. The molecule has 0 aliphatic rings. The number of rotatable bonds is 8. The van der Waals surface area contributed by atoms with Crippen LogP contribution in [0, 0.1) is 5.82 Å². The molecule has 0 unspecified atom stereocenters. The van der Waals surface area contributed by atoms with E-state index in [2.05, 4.69) is 34.4 Å². The monoisotopic (exact) mass is 797 g/mol. The number of pyridine rings is 1. The number of imidazole rings is 2. The highest BCUT2D eigenvalue weighted by atomic mass is 19.4. The zero-order valence-electron chi connectivity index (χ0n) is 28.7. The molecule has 1 aromatic carbocycles. The fourth-order valence-electron chi connectivity index (χ4n) is 4.72. The van der Waals surface area contributed by atoms with Gasteiger partial charge in [0.1, 0.15) is 17.1 Å². The Kier molecular flexibility index (Phi) is 12.5. The second-order valence-electron chi connectivity index (χ2n) is 10.9. The van der Waals surface area contributed by atoms with Gasteiger partial charge in [-0.1, -0.05) is 13.8 Å². The number of hydrogen-bond acceptors (Lipinski definition) is 8. The zero-order chi connectivity index (χ0) is 40.9. The van der Waals surface area contributed by atoms with E-state index in [9.17, 15) is 52.7 Å². The first-order valence-electron chi connectivity index (χ1n) is 15.5. The summed E-state index contributed by atoms with van der Waals surface area (Å²) < 4.78 is 169. The second-order valence-corrected chi connectivity index (χ2v) is 10.9. The van der Waals surface area contributed by atoms with Crippen LogP contribution in [0.2, 0.25) is 0 Å². The van der Waals surface area contributed by atoms with Gasteiger partial charge in [0.2, 0.25) is 0 Å². The Morgan fingerprint density at radius 1 is 0.691 bits per heavy atom. The van der Waals surface area contributed by atoms with E-state index in [4.69, 9.17) is 4.74 Å². The van der Waals surface area contributed by atoms with Gasteiger partial charge in [-0.2, -0.15) is 35.1 Å². The molecule has 0 saturated heterocycles. The molecule has 5 heterocycles. The molecule has 0 amide bonds. The lowest BCUT2D eigenvalue weighted by Crippen LogP contribution is -2.20. The van der Waals surface area contributed by atoms with E-state index in [0.717, 1.165) is 43.8 Å². The van der Waals surface area contributed by atoms with Gasteiger partial charge in [-0.15, -0.1) is 13.2 Å². The number of methoxy groups -OCH3 is 1. The van der Waals surface area contributed by atoms with Crippen LogP contribution >= 0.6 is 0 Å². The van der Waals surface area contributed by atoms with Crippen molar-refractivity contribution < 1.29 is 66.9 Å². The van der Waals surface area contributed by atoms with Crippen molar-refractivity contribution in [3.8, 4) is 34.1 Å². The maximum Gasteiger partial charge on any atom is 0.573 e. The molecule has 0 N–H and O–H groups in total. The largest absolute Gasteiger partial charge is 0.573 e. The van der Waals surface area contributed by atoms with E-state index in [-0.39, 0.29) is 40.5 Å². The number of nitrogens with zero attached hydrogens (tertiary/aromatic N) is 7. The van der Waals surface area contributed by atoms with Crippen molar-refractivity contribution in [3.05, 3.63) is 90.4 Å². The molecule has 22 heteroatoms. The summed E-state index contributed by atoms with van der Waals surface area (Å²) in [6.45, 7) is 2.99. The standard InChI is InChI=1S/C17H14F5N3O2.C14H7F7N4O.C2H6/c1-16(18,19)14-6-24-15-7-23-13(8-25(14)15)12-4-3-11(27-17(20,21)22)5-10(12)9-26-2;15-8-1-7(2-24-12(8)26-6-13(16,17)18)9-5-25-10(14(19,20)21)3-23-11(25)4-22-9;1-2/h3-8H,9H2,1-2H3;1-5H,6H2;1-2H3. The number of hydrogen-bond donors (Lipinski definition) is 0. The molecule has 0 saturated carbocycles. The van der Waals surface area contributed by atoms with Gasteiger partial charge >= 0.3 is 18.7 Å². The molecule has 6 rings (SSSR count). The molecule has 0 spiro atoms. The Labute approximate surface area is 302 Å². The van der Waals surface area contributed by atoms with Crippen LogP contribution in [0.25, 0.3) is 33.8 Å². The van der Waals surface area contributed by atoms with Crippen molar-refractivity contribution in [2.75, 3.05) is 13.7 Å². The predicted molar refractivity (Wildman–Crippen MR) is 169 cm³/mol. The number of alkyl halides is 11. The smallest absolute Gasteiger partial charge is 0.466 e. The van der Waals surface area contributed by atoms with Crippen LogP contribution in [-0.4, -0.2) is 60.0 Å². The molecule has 5 aromatic heterocycles. The van der Waals surface area contributed by atoms with Gasteiger partial charge in [0.05, 0.1) is 42.8 Å². The van der Waals surface area contributed by atoms with Crippen molar-refractivity contribution in [2.45, 2.75) is 52.0 Å². The summed E-state index contributed by atoms with van der Waals surface area (Å²) in [5.41, 5.74) is -0.332. The normalized spacial score (nSPS) is 12.2. The molecule has 0 aliphatic carbocycles. The van der Waals surface area contributed by atoms with Gasteiger partial charge in [0.25, 0.3) is 11.8 Å². The third kappa shape index (κ3) is 10.7. The predicted octanol–water partition coefficient (Wildman–Crippen LogP) is 9.47. The molecule has 55 heavy (non-hydrogen) atoms. The second kappa shape index (κ2) is 16.4. The zero-order valence-corrected chi connectivity index (χ0v) is 28.7. The van der Waals surface area contributed by atoms with Gasteiger partial charge in [0.15, 0.2) is 23.7 Å². The molecular weight excluding hydrogens is 770 g/mol. The minimum Gasteiger partial charge on any atom is -0.466 e. The Balaban J connectivity index is 0.000000234. The first-order chi connectivity index (χ1) is 25.6. The highest BCUT2D eigenvalue weighted by Crippen LogP contribution is 2.33. The summed E-state index contributed by atoms with van der Waals surface area (Å²) in [5.74, 6) is -5.64. The summed E-state index contributed by atoms with van der Waals surface area (Å²) >= 11 is 0. The van der Waals surface area contributed by atoms with Crippen molar-refractivity contribution >= 4 is 11.3 Å².